The number of carbonyl (C=O) groups excluding carboxylic acids is 2. The number of carbonyl (C=O) groups is 2. The van der Waals surface area contributed by atoms with Crippen molar-refractivity contribution in [3.63, 3.8) is 0 Å². The van der Waals surface area contributed by atoms with Crippen molar-refractivity contribution in [3.8, 4) is 0 Å². The summed E-state index contributed by atoms with van der Waals surface area (Å²) in [7, 11) is 1.46. The molecular formula is C69H124N2O7P+. The van der Waals surface area contributed by atoms with Crippen LogP contribution in [0.3, 0.4) is 0 Å². The molecule has 0 fully saturated rings. The fourth-order valence-corrected chi connectivity index (χ4v) is 9.88. The summed E-state index contributed by atoms with van der Waals surface area (Å²) < 4.78 is 30.7. The van der Waals surface area contributed by atoms with Gasteiger partial charge in [-0.05, 0) is 76.7 Å². The van der Waals surface area contributed by atoms with Gasteiger partial charge in [0.15, 0.2) is 0 Å². The first-order valence-corrected chi connectivity index (χ1v) is 34.1. The van der Waals surface area contributed by atoms with E-state index in [0.29, 0.717) is 23.9 Å². The summed E-state index contributed by atoms with van der Waals surface area (Å²) in [5, 5.41) is 3.05. The number of nitrogens with zero attached hydrogens (tertiary/aromatic N) is 1. The number of quaternary nitrogens is 1. The molecule has 0 aromatic heterocycles. The van der Waals surface area contributed by atoms with Gasteiger partial charge in [0.25, 0.3) is 0 Å². The zero-order valence-electron chi connectivity index (χ0n) is 52.1. The highest BCUT2D eigenvalue weighted by Crippen LogP contribution is 2.43. The van der Waals surface area contributed by atoms with Crippen molar-refractivity contribution in [2.24, 2.45) is 0 Å². The van der Waals surface area contributed by atoms with Crippen molar-refractivity contribution in [1.82, 2.24) is 5.32 Å². The molecule has 79 heavy (non-hydrogen) atoms. The molecule has 3 atom stereocenters. The number of nitrogens with one attached hydrogen (secondary N) is 1. The van der Waals surface area contributed by atoms with Gasteiger partial charge in [0.05, 0.1) is 33.8 Å². The maximum Gasteiger partial charge on any atom is 0.472 e. The molecule has 9 nitrogen and oxygen atoms in total. The first-order chi connectivity index (χ1) is 38.4. The number of phosphoric ester groups is 1. The van der Waals surface area contributed by atoms with Crippen molar-refractivity contribution in [2.45, 2.75) is 290 Å². The van der Waals surface area contributed by atoms with Gasteiger partial charge in [0.2, 0.25) is 5.91 Å². The Bertz CT molecular complexity index is 1670. The number of amides is 1. The van der Waals surface area contributed by atoms with Gasteiger partial charge < -0.3 is 19.4 Å². The monoisotopic (exact) mass is 1120 g/mol. The zero-order valence-corrected chi connectivity index (χ0v) is 53.0. The maximum absolute atomic E-state index is 13.6. The van der Waals surface area contributed by atoms with E-state index in [-0.39, 0.29) is 31.5 Å². The second-order valence-electron chi connectivity index (χ2n) is 23.1. The van der Waals surface area contributed by atoms with E-state index in [9.17, 15) is 19.0 Å². The highest BCUT2D eigenvalue weighted by molar-refractivity contribution is 7.47. The van der Waals surface area contributed by atoms with Crippen LogP contribution in [0, 0.1) is 0 Å². The van der Waals surface area contributed by atoms with Gasteiger partial charge in [-0.1, -0.05) is 285 Å². The average molecular weight is 1120 g/mol. The standard InChI is InChI=1S/C69H123N2O7P/c1-7-10-13-16-19-22-25-27-29-31-32-33-34-35-36-37-38-40-41-43-46-49-52-55-58-61-68(72)70-66(65-77-79(74,75)76-64-63-71(4,5)6)67(60-57-54-51-48-45-24-21-18-15-12-9-3)78-69(73)62-59-56-53-50-47-44-42-39-30-28-26-23-20-17-14-11-8-2/h11,14,17,20,23,26-30,39,42,44,47,57,60,66-67H,7-10,12-13,15-16,18-19,21-22,24-25,31-38,40-41,43,45-46,48-56,58-59,61-65H2,1-6H3,(H-,70,72,74,75)/p+1/b14-11-,20-17+,26-23+,29-27+,30-28-,42-39+,47-44+,60-57-. The molecule has 0 aliphatic carbocycles. The van der Waals surface area contributed by atoms with Crippen molar-refractivity contribution < 1.29 is 37.3 Å². The molecule has 0 aliphatic rings. The largest absolute Gasteiger partial charge is 0.472 e. The molecule has 0 rings (SSSR count). The van der Waals surface area contributed by atoms with E-state index in [1.807, 2.05) is 94.1 Å². The molecule has 0 bridgehead atoms. The number of phosphoric acid groups is 1. The lowest BCUT2D eigenvalue weighted by atomic mass is 10.0. The van der Waals surface area contributed by atoms with E-state index >= 15 is 0 Å². The Labute approximate surface area is 488 Å². The number of rotatable bonds is 58. The summed E-state index contributed by atoms with van der Waals surface area (Å²) in [5.74, 6) is -0.555. The first kappa shape index (κ1) is 75.9. The summed E-state index contributed by atoms with van der Waals surface area (Å²) in [5.41, 5.74) is 0. The number of unbranched alkanes of at least 4 members (excludes halogenated alkanes) is 33. The van der Waals surface area contributed by atoms with Crippen LogP contribution in [0.1, 0.15) is 278 Å². The van der Waals surface area contributed by atoms with E-state index in [0.717, 1.165) is 64.2 Å². The maximum atomic E-state index is 13.6. The number of ether oxygens (including phenoxy) is 1. The van der Waals surface area contributed by atoms with Crippen LogP contribution in [0.2, 0.25) is 0 Å². The molecule has 0 radical (unpaired) electrons. The van der Waals surface area contributed by atoms with Crippen LogP contribution in [-0.4, -0.2) is 74.3 Å². The van der Waals surface area contributed by atoms with E-state index < -0.39 is 20.0 Å². The molecule has 3 unspecified atom stereocenters. The van der Waals surface area contributed by atoms with Crippen LogP contribution in [-0.2, 0) is 27.9 Å². The fraction of sp³-hybridized carbons (Fsp3) is 0.739. The second-order valence-corrected chi connectivity index (χ2v) is 24.5. The van der Waals surface area contributed by atoms with Gasteiger partial charge in [-0.3, -0.25) is 18.6 Å². The molecule has 0 saturated heterocycles. The SMILES string of the molecule is CC\C=C/C=C/C=C/C=C\C=C\C=C\CCCCCC(=O)OC(/C=C\CCCCCCCCCCC)C(COP(=O)(O)OCC[N+](C)(C)C)NC(=O)CCCCCCCCCCCCCCCCC/C=C/CCCCCCCC. The van der Waals surface area contributed by atoms with Crippen LogP contribution in [0.15, 0.2) is 97.2 Å². The van der Waals surface area contributed by atoms with Crippen molar-refractivity contribution in [2.75, 3.05) is 40.9 Å². The van der Waals surface area contributed by atoms with Gasteiger partial charge in [0.1, 0.15) is 19.3 Å². The molecular weight excluding hydrogens is 1000 g/mol. The van der Waals surface area contributed by atoms with Gasteiger partial charge in [-0.25, -0.2) is 4.57 Å². The minimum Gasteiger partial charge on any atom is -0.456 e. The van der Waals surface area contributed by atoms with Crippen molar-refractivity contribution >= 4 is 19.7 Å². The van der Waals surface area contributed by atoms with E-state index in [2.05, 4.69) is 50.4 Å². The van der Waals surface area contributed by atoms with Crippen molar-refractivity contribution in [3.05, 3.63) is 97.2 Å². The minimum atomic E-state index is -4.46. The Morgan fingerprint density at radius 2 is 0.823 bits per heavy atom. The predicted molar refractivity (Wildman–Crippen MR) is 341 cm³/mol. The molecule has 456 valence electrons. The first-order valence-electron chi connectivity index (χ1n) is 32.6. The Morgan fingerprint density at radius 3 is 1.27 bits per heavy atom. The normalized spacial score (nSPS) is 14.3. The minimum absolute atomic E-state index is 0.0289. The molecule has 10 heteroatoms. The third-order valence-electron chi connectivity index (χ3n) is 14.2. The van der Waals surface area contributed by atoms with Gasteiger partial charge in [-0.15, -0.1) is 0 Å². The van der Waals surface area contributed by atoms with Gasteiger partial charge in [-0.2, -0.15) is 0 Å². The third kappa shape index (κ3) is 59.4. The summed E-state index contributed by atoms with van der Waals surface area (Å²) in [6.07, 6.45) is 78.5. The van der Waals surface area contributed by atoms with E-state index in [4.69, 9.17) is 13.8 Å². The van der Waals surface area contributed by atoms with Crippen LogP contribution in [0.4, 0.5) is 0 Å². The smallest absolute Gasteiger partial charge is 0.456 e. The number of esters is 1. The lowest BCUT2D eigenvalue weighted by molar-refractivity contribution is -0.870. The Hall–Kier alpha value is -3.07. The van der Waals surface area contributed by atoms with Crippen molar-refractivity contribution in [1.29, 1.82) is 0 Å². The quantitative estimate of drug-likeness (QED) is 0.0156. The molecule has 2 N–H and O–H groups in total. The summed E-state index contributed by atoms with van der Waals surface area (Å²) in [6, 6.07) is -0.871. The second kappa shape index (κ2) is 58.1. The number of hydrogen-bond acceptors (Lipinski definition) is 6. The van der Waals surface area contributed by atoms with Crippen LogP contribution >= 0.6 is 7.82 Å². The molecule has 0 spiro atoms. The Morgan fingerprint density at radius 1 is 0.456 bits per heavy atom. The summed E-state index contributed by atoms with van der Waals surface area (Å²) in [4.78, 5) is 37.7. The van der Waals surface area contributed by atoms with Crippen LogP contribution in [0.5, 0.6) is 0 Å². The third-order valence-corrected chi connectivity index (χ3v) is 15.2. The highest BCUT2D eigenvalue weighted by atomic mass is 31.2. The van der Waals surface area contributed by atoms with Gasteiger partial charge >= 0.3 is 13.8 Å². The molecule has 0 aliphatic heterocycles. The van der Waals surface area contributed by atoms with E-state index in [1.165, 1.54) is 173 Å². The lowest BCUT2D eigenvalue weighted by Gasteiger charge is -2.27. The number of likely N-dealkylation sites (N-methyl/N-ethyl adjacent to an activating group) is 1. The predicted octanol–water partition coefficient (Wildman–Crippen LogP) is 20.3. The zero-order chi connectivity index (χ0) is 57.9. The summed E-state index contributed by atoms with van der Waals surface area (Å²) >= 11 is 0. The van der Waals surface area contributed by atoms with Gasteiger partial charge in [0, 0.05) is 12.8 Å². The number of hydrogen-bond donors (Lipinski definition) is 2. The molecule has 1 amide bonds. The molecule has 0 saturated carbocycles. The lowest BCUT2D eigenvalue weighted by Crippen LogP contribution is -2.47. The Kier molecular flexibility index (Phi) is 55.9. The molecule has 0 aromatic carbocycles. The number of allylic oxidation sites excluding steroid dienone is 15. The molecule has 0 heterocycles. The summed E-state index contributed by atoms with van der Waals surface area (Å²) in [6.45, 7) is 6.84. The highest BCUT2D eigenvalue weighted by Gasteiger charge is 2.30. The fourth-order valence-electron chi connectivity index (χ4n) is 9.14. The average Bonchev–Trinajstić information content (AvgIpc) is 3.41. The van der Waals surface area contributed by atoms with Crippen LogP contribution < -0.4 is 5.32 Å². The Balaban J connectivity index is 5.14. The topological polar surface area (TPSA) is 111 Å². The van der Waals surface area contributed by atoms with Crippen LogP contribution in [0.25, 0.3) is 0 Å². The molecule has 0 aromatic rings. The van der Waals surface area contributed by atoms with E-state index in [1.54, 1.807) is 0 Å².